The number of alkyl halides is 1. The molecule has 1 nitrogen and oxygen atoms in total. The molecule has 0 fully saturated rings. The van der Waals surface area contributed by atoms with Crippen LogP contribution in [-0.4, -0.2) is 11.4 Å². The molecule has 66 valence electrons. The minimum absolute atomic E-state index is 0.432. The fourth-order valence-electron chi connectivity index (χ4n) is 0.913. The van der Waals surface area contributed by atoms with E-state index in [1.54, 1.807) is 0 Å². The van der Waals surface area contributed by atoms with Crippen molar-refractivity contribution in [1.29, 1.82) is 0 Å². The van der Waals surface area contributed by atoms with Crippen LogP contribution in [0, 0.1) is 0 Å². The molecule has 0 saturated heterocycles. The van der Waals surface area contributed by atoms with Gasteiger partial charge in [0.1, 0.15) is 0 Å². The van der Waals surface area contributed by atoms with Crippen molar-refractivity contribution < 1.29 is 4.74 Å². The zero-order valence-corrected chi connectivity index (χ0v) is 8.75. The molecule has 0 bridgehead atoms. The molecule has 0 aromatic heterocycles. The average Bonchev–Trinajstić information content (AvgIpc) is 2.05. The van der Waals surface area contributed by atoms with Crippen LogP contribution >= 0.6 is 15.9 Å². The van der Waals surface area contributed by atoms with Crippen LogP contribution in [-0.2, 0) is 11.3 Å². The van der Waals surface area contributed by atoms with E-state index >= 15 is 0 Å². The summed E-state index contributed by atoms with van der Waals surface area (Å²) in [5.74, 6) is 0. The molecule has 0 aliphatic rings. The average molecular weight is 229 g/mol. The van der Waals surface area contributed by atoms with Crippen molar-refractivity contribution >= 4 is 15.9 Å². The lowest BCUT2D eigenvalue weighted by molar-refractivity contribution is 0.125. The number of ether oxygens (including phenoxy) is 1. The SMILES string of the molecule is C[C@@H](Br)COCc1ccccc1. The highest BCUT2D eigenvalue weighted by atomic mass is 79.9. The minimum atomic E-state index is 0.432. The molecule has 0 N–H and O–H groups in total. The summed E-state index contributed by atoms with van der Waals surface area (Å²) in [6, 6.07) is 10.2. The maximum absolute atomic E-state index is 5.43. The Morgan fingerprint density at radius 1 is 1.33 bits per heavy atom. The highest BCUT2D eigenvalue weighted by Crippen LogP contribution is 2.03. The van der Waals surface area contributed by atoms with Crippen molar-refractivity contribution in [2.75, 3.05) is 6.61 Å². The second-order valence-corrected chi connectivity index (χ2v) is 4.34. The highest BCUT2D eigenvalue weighted by Gasteiger charge is 1.95. The molecule has 0 aliphatic heterocycles. The first-order valence-corrected chi connectivity index (χ1v) is 4.96. The van der Waals surface area contributed by atoms with Gasteiger partial charge in [-0.3, -0.25) is 0 Å². The van der Waals surface area contributed by atoms with Crippen LogP contribution in [0.2, 0.25) is 0 Å². The smallest absolute Gasteiger partial charge is 0.0717 e. The summed E-state index contributed by atoms with van der Waals surface area (Å²) in [6.07, 6.45) is 0. The molecule has 0 aliphatic carbocycles. The molecule has 0 unspecified atom stereocenters. The van der Waals surface area contributed by atoms with Gasteiger partial charge < -0.3 is 4.74 Å². The molecule has 2 heteroatoms. The van der Waals surface area contributed by atoms with Gasteiger partial charge in [-0.1, -0.05) is 53.2 Å². The Morgan fingerprint density at radius 2 is 2.00 bits per heavy atom. The third-order valence-electron chi connectivity index (χ3n) is 1.46. The van der Waals surface area contributed by atoms with Gasteiger partial charge in [0.2, 0.25) is 0 Å². The van der Waals surface area contributed by atoms with Crippen molar-refractivity contribution in [3.05, 3.63) is 35.9 Å². The zero-order chi connectivity index (χ0) is 8.81. The molecule has 1 aromatic carbocycles. The van der Waals surface area contributed by atoms with Crippen molar-refractivity contribution in [2.45, 2.75) is 18.4 Å². The van der Waals surface area contributed by atoms with Crippen LogP contribution in [0.5, 0.6) is 0 Å². The third-order valence-corrected chi connectivity index (χ3v) is 1.72. The lowest BCUT2D eigenvalue weighted by Gasteiger charge is -2.04. The van der Waals surface area contributed by atoms with Crippen molar-refractivity contribution in [3.8, 4) is 0 Å². The normalized spacial score (nSPS) is 12.8. The standard InChI is InChI=1S/C10H13BrO/c1-9(11)7-12-8-10-5-3-2-4-6-10/h2-6,9H,7-8H2,1H3/t9-/m1/s1. The first kappa shape index (κ1) is 9.75. The van der Waals surface area contributed by atoms with Crippen LogP contribution in [0.4, 0.5) is 0 Å². The summed E-state index contributed by atoms with van der Waals surface area (Å²) in [5.41, 5.74) is 1.23. The van der Waals surface area contributed by atoms with E-state index < -0.39 is 0 Å². The largest absolute Gasteiger partial charge is 0.376 e. The Kier molecular flexibility index (Phi) is 4.33. The molecular weight excluding hydrogens is 216 g/mol. The van der Waals surface area contributed by atoms with E-state index in [2.05, 4.69) is 35.0 Å². The molecule has 1 rings (SSSR count). The van der Waals surface area contributed by atoms with Crippen molar-refractivity contribution in [3.63, 3.8) is 0 Å². The second-order valence-electron chi connectivity index (χ2n) is 2.78. The van der Waals surface area contributed by atoms with Crippen LogP contribution in [0.1, 0.15) is 12.5 Å². The van der Waals surface area contributed by atoms with Gasteiger partial charge in [0.15, 0.2) is 0 Å². The lowest BCUT2D eigenvalue weighted by atomic mass is 10.2. The van der Waals surface area contributed by atoms with Crippen molar-refractivity contribution in [1.82, 2.24) is 0 Å². The first-order valence-electron chi connectivity index (χ1n) is 4.05. The van der Waals surface area contributed by atoms with E-state index in [0.717, 1.165) is 6.61 Å². The third kappa shape index (κ3) is 3.88. The van der Waals surface area contributed by atoms with E-state index in [9.17, 15) is 0 Å². The maximum Gasteiger partial charge on any atom is 0.0717 e. The summed E-state index contributed by atoms with van der Waals surface area (Å²) >= 11 is 3.42. The molecular formula is C10H13BrO. The van der Waals surface area contributed by atoms with Gasteiger partial charge in [-0.25, -0.2) is 0 Å². The quantitative estimate of drug-likeness (QED) is 0.721. The molecule has 12 heavy (non-hydrogen) atoms. The summed E-state index contributed by atoms with van der Waals surface area (Å²) in [6.45, 7) is 3.54. The van der Waals surface area contributed by atoms with E-state index in [4.69, 9.17) is 4.74 Å². The monoisotopic (exact) mass is 228 g/mol. The molecule has 0 radical (unpaired) electrons. The molecule has 0 heterocycles. The summed E-state index contributed by atoms with van der Waals surface area (Å²) in [5, 5.41) is 0. The van der Waals surface area contributed by atoms with Crippen LogP contribution in [0.15, 0.2) is 30.3 Å². The highest BCUT2D eigenvalue weighted by molar-refractivity contribution is 9.09. The Bertz CT molecular complexity index is 208. The van der Waals surface area contributed by atoms with Gasteiger partial charge in [-0.15, -0.1) is 0 Å². The molecule has 1 atom stereocenters. The van der Waals surface area contributed by atoms with Gasteiger partial charge in [-0.2, -0.15) is 0 Å². The number of halogens is 1. The predicted molar refractivity (Wildman–Crippen MR) is 54.5 cm³/mol. The number of rotatable bonds is 4. The Morgan fingerprint density at radius 3 is 2.58 bits per heavy atom. The zero-order valence-electron chi connectivity index (χ0n) is 7.16. The number of hydrogen-bond acceptors (Lipinski definition) is 1. The van der Waals surface area contributed by atoms with Gasteiger partial charge in [0.05, 0.1) is 13.2 Å². The fourth-order valence-corrected chi connectivity index (χ4v) is 1.10. The Hall–Kier alpha value is -0.340. The van der Waals surface area contributed by atoms with E-state index in [-0.39, 0.29) is 0 Å². The van der Waals surface area contributed by atoms with Crippen LogP contribution < -0.4 is 0 Å². The molecule has 0 amide bonds. The minimum Gasteiger partial charge on any atom is -0.376 e. The van der Waals surface area contributed by atoms with Gasteiger partial charge >= 0.3 is 0 Å². The summed E-state index contributed by atoms with van der Waals surface area (Å²) in [4.78, 5) is 0.432. The topological polar surface area (TPSA) is 9.23 Å². The van der Waals surface area contributed by atoms with Crippen LogP contribution in [0.25, 0.3) is 0 Å². The molecule has 0 saturated carbocycles. The number of hydrogen-bond donors (Lipinski definition) is 0. The van der Waals surface area contributed by atoms with Gasteiger partial charge in [0, 0.05) is 4.83 Å². The lowest BCUT2D eigenvalue weighted by Crippen LogP contribution is -2.03. The van der Waals surface area contributed by atoms with Crippen molar-refractivity contribution in [2.24, 2.45) is 0 Å². The second kappa shape index (κ2) is 5.33. The van der Waals surface area contributed by atoms with E-state index in [1.807, 2.05) is 18.2 Å². The maximum atomic E-state index is 5.43. The fraction of sp³-hybridized carbons (Fsp3) is 0.400. The summed E-state index contributed by atoms with van der Waals surface area (Å²) < 4.78 is 5.43. The van der Waals surface area contributed by atoms with E-state index in [1.165, 1.54) is 5.56 Å². The molecule has 0 spiro atoms. The Labute approximate surface area is 81.9 Å². The summed E-state index contributed by atoms with van der Waals surface area (Å²) in [7, 11) is 0. The first-order chi connectivity index (χ1) is 5.79. The van der Waals surface area contributed by atoms with Gasteiger partial charge in [-0.05, 0) is 5.56 Å². The van der Waals surface area contributed by atoms with Crippen LogP contribution in [0.3, 0.4) is 0 Å². The van der Waals surface area contributed by atoms with Gasteiger partial charge in [0.25, 0.3) is 0 Å². The number of benzene rings is 1. The Balaban J connectivity index is 2.25. The van der Waals surface area contributed by atoms with E-state index in [0.29, 0.717) is 11.4 Å². The predicted octanol–water partition coefficient (Wildman–Crippen LogP) is 2.99. The molecule has 1 aromatic rings.